The summed E-state index contributed by atoms with van der Waals surface area (Å²) in [6.45, 7) is 2.83. The van der Waals surface area contributed by atoms with Crippen LogP contribution >= 0.6 is 0 Å². The molecule has 0 N–H and O–H groups in total. The molecule has 3 rings (SSSR count). The quantitative estimate of drug-likeness (QED) is 0.649. The van der Waals surface area contributed by atoms with Gasteiger partial charge in [-0.25, -0.2) is 8.42 Å². The second-order valence-corrected chi connectivity index (χ2v) is 9.49. The Morgan fingerprint density at radius 1 is 1.00 bits per heavy atom. The van der Waals surface area contributed by atoms with E-state index in [4.69, 9.17) is 9.47 Å². The van der Waals surface area contributed by atoms with Crippen molar-refractivity contribution in [1.29, 1.82) is 0 Å². The summed E-state index contributed by atoms with van der Waals surface area (Å²) in [5.74, 6) is 0.539. The van der Waals surface area contributed by atoms with Gasteiger partial charge in [0.1, 0.15) is 22.9 Å². The van der Waals surface area contributed by atoms with Crippen molar-refractivity contribution in [2.24, 2.45) is 0 Å². The predicted molar refractivity (Wildman–Crippen MR) is 120 cm³/mol. The van der Waals surface area contributed by atoms with Gasteiger partial charge >= 0.3 is 0 Å². The Labute approximate surface area is 184 Å². The fraction of sp³-hybridized carbons (Fsp3) is 0.435. The van der Waals surface area contributed by atoms with Gasteiger partial charge in [0.25, 0.3) is 10.0 Å². The number of nitrogens with zero attached hydrogens (tertiary/aromatic N) is 2. The van der Waals surface area contributed by atoms with Crippen LogP contribution in [0.5, 0.6) is 11.5 Å². The maximum atomic E-state index is 13.8. The molecular weight excluding hydrogens is 416 g/mol. The number of hydrogen-bond acceptors (Lipinski definition) is 5. The number of anilines is 1. The van der Waals surface area contributed by atoms with Crippen LogP contribution in [-0.4, -0.2) is 53.1 Å². The number of carbonyl (C=O) groups is 1. The zero-order valence-electron chi connectivity index (χ0n) is 18.3. The van der Waals surface area contributed by atoms with E-state index >= 15 is 0 Å². The van der Waals surface area contributed by atoms with Gasteiger partial charge in [-0.05, 0) is 49.6 Å². The van der Waals surface area contributed by atoms with E-state index in [0.717, 1.165) is 35.6 Å². The van der Waals surface area contributed by atoms with Crippen molar-refractivity contribution < 1.29 is 22.7 Å². The third kappa shape index (κ3) is 5.31. The lowest BCUT2D eigenvalue weighted by atomic mass is 10.2. The Kier molecular flexibility index (Phi) is 7.43. The van der Waals surface area contributed by atoms with Gasteiger partial charge in [-0.2, -0.15) is 0 Å². The van der Waals surface area contributed by atoms with Crippen molar-refractivity contribution in [2.75, 3.05) is 38.2 Å². The Morgan fingerprint density at radius 3 is 2.35 bits per heavy atom. The van der Waals surface area contributed by atoms with Gasteiger partial charge in [0, 0.05) is 19.2 Å². The molecule has 0 radical (unpaired) electrons. The Hall–Kier alpha value is -2.74. The standard InChI is InChI=1S/C23H30N2O5S/c1-18-11-12-21(30-3)22(15-18)31(27,28)25(19-9-8-10-20(16-19)29-2)17-23(26)24-13-6-4-5-7-14-24/h8-12,15-16H,4-7,13-14,17H2,1-3H3. The lowest BCUT2D eigenvalue weighted by molar-refractivity contribution is -0.129. The second-order valence-electron chi connectivity index (χ2n) is 7.66. The number of carbonyl (C=O) groups excluding carboxylic acids is 1. The normalized spacial score (nSPS) is 14.6. The van der Waals surface area contributed by atoms with E-state index in [1.54, 1.807) is 47.4 Å². The highest BCUT2D eigenvalue weighted by Crippen LogP contribution is 2.32. The fourth-order valence-electron chi connectivity index (χ4n) is 3.73. The number of methoxy groups -OCH3 is 2. The molecule has 1 heterocycles. The van der Waals surface area contributed by atoms with E-state index in [-0.39, 0.29) is 23.1 Å². The van der Waals surface area contributed by atoms with E-state index in [1.807, 2.05) is 6.92 Å². The van der Waals surface area contributed by atoms with Gasteiger partial charge in [-0.15, -0.1) is 0 Å². The first-order chi connectivity index (χ1) is 14.9. The number of hydrogen-bond donors (Lipinski definition) is 0. The number of benzene rings is 2. The number of sulfonamides is 1. The van der Waals surface area contributed by atoms with Gasteiger partial charge in [0.2, 0.25) is 5.91 Å². The van der Waals surface area contributed by atoms with E-state index in [2.05, 4.69) is 0 Å². The maximum Gasteiger partial charge on any atom is 0.268 e. The highest BCUT2D eigenvalue weighted by molar-refractivity contribution is 7.93. The molecule has 1 aliphatic heterocycles. The molecule has 31 heavy (non-hydrogen) atoms. The zero-order valence-corrected chi connectivity index (χ0v) is 19.2. The lowest BCUT2D eigenvalue weighted by Gasteiger charge is -2.28. The predicted octanol–water partition coefficient (Wildman–Crippen LogP) is 3.61. The average Bonchev–Trinajstić information content (AvgIpc) is 3.07. The first-order valence-electron chi connectivity index (χ1n) is 10.5. The highest BCUT2D eigenvalue weighted by Gasteiger charge is 2.32. The number of ether oxygens (including phenoxy) is 2. The summed E-state index contributed by atoms with van der Waals surface area (Å²) in [6, 6.07) is 11.7. The van der Waals surface area contributed by atoms with Crippen LogP contribution in [0.1, 0.15) is 31.2 Å². The molecule has 2 aromatic carbocycles. The Bertz CT molecular complexity index is 1010. The summed E-state index contributed by atoms with van der Waals surface area (Å²) >= 11 is 0. The molecule has 0 atom stereocenters. The second kappa shape index (κ2) is 10.0. The minimum Gasteiger partial charge on any atom is -0.497 e. The monoisotopic (exact) mass is 446 g/mol. The zero-order chi connectivity index (χ0) is 22.4. The van der Waals surface area contributed by atoms with Crippen LogP contribution in [0, 0.1) is 6.92 Å². The molecule has 2 aromatic rings. The van der Waals surface area contributed by atoms with E-state index in [0.29, 0.717) is 24.5 Å². The number of aryl methyl sites for hydroxylation is 1. The first kappa shape index (κ1) is 22.9. The Morgan fingerprint density at radius 2 is 1.71 bits per heavy atom. The summed E-state index contributed by atoms with van der Waals surface area (Å²) in [6.07, 6.45) is 4.04. The van der Waals surface area contributed by atoms with Gasteiger partial charge in [-0.3, -0.25) is 9.10 Å². The summed E-state index contributed by atoms with van der Waals surface area (Å²) in [4.78, 5) is 14.9. The number of likely N-dealkylation sites (tertiary alicyclic amines) is 1. The van der Waals surface area contributed by atoms with Crippen LogP contribution < -0.4 is 13.8 Å². The summed E-state index contributed by atoms with van der Waals surface area (Å²) in [5.41, 5.74) is 1.15. The topological polar surface area (TPSA) is 76.2 Å². The third-order valence-corrected chi connectivity index (χ3v) is 7.26. The van der Waals surface area contributed by atoms with Gasteiger partial charge in [0.05, 0.1) is 19.9 Å². The first-order valence-corrected chi connectivity index (χ1v) is 11.9. The summed E-state index contributed by atoms with van der Waals surface area (Å²) in [7, 11) is -1.13. The van der Waals surface area contributed by atoms with Crippen LogP contribution in [0.15, 0.2) is 47.4 Å². The molecule has 0 aromatic heterocycles. The fourth-order valence-corrected chi connectivity index (χ4v) is 5.38. The van der Waals surface area contributed by atoms with Crippen molar-refractivity contribution in [3.8, 4) is 11.5 Å². The number of rotatable bonds is 7. The molecule has 1 fully saturated rings. The number of amides is 1. The molecule has 1 saturated heterocycles. The van der Waals surface area contributed by atoms with Gasteiger partial charge in [0.15, 0.2) is 0 Å². The van der Waals surface area contributed by atoms with Crippen molar-refractivity contribution in [2.45, 2.75) is 37.5 Å². The van der Waals surface area contributed by atoms with Gasteiger partial charge < -0.3 is 14.4 Å². The van der Waals surface area contributed by atoms with Gasteiger partial charge in [-0.1, -0.05) is 25.0 Å². The van der Waals surface area contributed by atoms with Crippen molar-refractivity contribution >= 4 is 21.6 Å². The van der Waals surface area contributed by atoms with Crippen molar-refractivity contribution in [3.05, 3.63) is 48.0 Å². The molecule has 0 unspecified atom stereocenters. The minimum atomic E-state index is -4.08. The molecule has 168 valence electrons. The van der Waals surface area contributed by atoms with E-state index in [9.17, 15) is 13.2 Å². The molecule has 8 heteroatoms. The maximum absolute atomic E-state index is 13.8. The molecule has 0 aliphatic carbocycles. The molecule has 1 aliphatic rings. The van der Waals surface area contributed by atoms with Crippen LogP contribution in [0.3, 0.4) is 0 Å². The summed E-state index contributed by atoms with van der Waals surface area (Å²) in [5, 5.41) is 0. The minimum absolute atomic E-state index is 0.0292. The molecule has 0 spiro atoms. The SMILES string of the molecule is COc1cccc(N(CC(=O)N2CCCCCC2)S(=O)(=O)c2cc(C)ccc2OC)c1. The lowest BCUT2D eigenvalue weighted by Crippen LogP contribution is -2.43. The van der Waals surface area contributed by atoms with Crippen molar-refractivity contribution in [1.82, 2.24) is 4.90 Å². The molecule has 7 nitrogen and oxygen atoms in total. The van der Waals surface area contributed by atoms with E-state index in [1.165, 1.54) is 14.2 Å². The third-order valence-electron chi connectivity index (χ3n) is 5.47. The molecule has 0 saturated carbocycles. The largest absolute Gasteiger partial charge is 0.497 e. The summed E-state index contributed by atoms with van der Waals surface area (Å²) < 4.78 is 39.3. The van der Waals surface area contributed by atoms with Crippen molar-refractivity contribution in [3.63, 3.8) is 0 Å². The van der Waals surface area contributed by atoms with E-state index < -0.39 is 10.0 Å². The molecule has 0 bridgehead atoms. The van der Waals surface area contributed by atoms with Crippen LogP contribution in [0.4, 0.5) is 5.69 Å². The van der Waals surface area contributed by atoms with Crippen LogP contribution in [-0.2, 0) is 14.8 Å². The highest BCUT2D eigenvalue weighted by atomic mass is 32.2. The molecule has 1 amide bonds. The Balaban J connectivity index is 2.05. The van der Waals surface area contributed by atoms with Crippen LogP contribution in [0.2, 0.25) is 0 Å². The molecular formula is C23H30N2O5S. The smallest absolute Gasteiger partial charge is 0.268 e. The average molecular weight is 447 g/mol. The van der Waals surface area contributed by atoms with Crippen LogP contribution in [0.25, 0.3) is 0 Å².